The van der Waals surface area contributed by atoms with Crippen LogP contribution in [-0.4, -0.2) is 16.4 Å². The van der Waals surface area contributed by atoms with E-state index >= 15 is 0 Å². The average molecular weight is 266 g/mol. The molecule has 0 bridgehead atoms. The van der Waals surface area contributed by atoms with Gasteiger partial charge in [0.15, 0.2) is 0 Å². The lowest BCUT2D eigenvalue weighted by molar-refractivity contribution is -0.115. The first-order chi connectivity index (χ1) is 8.31. The summed E-state index contributed by atoms with van der Waals surface area (Å²) in [6, 6.07) is 4.02. The van der Waals surface area contributed by atoms with Gasteiger partial charge in [0.25, 0.3) is 5.24 Å². The quantitative estimate of drug-likeness (QED) is 0.883. The zero-order chi connectivity index (χ0) is 13.9. The molecule has 0 aliphatic carbocycles. The molecule has 1 aromatic rings. The SMILES string of the molecule is Cc1cc(C)c(NC(=O)C(C)SC(N)=O)c(C)c1. The second-order valence-electron chi connectivity index (χ2n) is 4.34. The van der Waals surface area contributed by atoms with Crippen LogP contribution in [0.1, 0.15) is 23.6 Å². The van der Waals surface area contributed by atoms with Crippen LogP contribution in [0.5, 0.6) is 0 Å². The lowest BCUT2D eigenvalue weighted by atomic mass is 10.1. The number of nitrogens with one attached hydrogen (secondary N) is 1. The maximum atomic E-state index is 11.9. The van der Waals surface area contributed by atoms with Crippen LogP contribution < -0.4 is 11.1 Å². The Morgan fingerprint density at radius 2 is 1.72 bits per heavy atom. The van der Waals surface area contributed by atoms with E-state index in [1.165, 1.54) is 0 Å². The highest BCUT2D eigenvalue weighted by molar-refractivity contribution is 8.14. The number of aryl methyl sites for hydroxylation is 3. The van der Waals surface area contributed by atoms with Crippen LogP contribution in [-0.2, 0) is 4.79 Å². The molecule has 0 saturated heterocycles. The standard InChI is InChI=1S/C13H18N2O2S/c1-7-5-8(2)11(9(3)6-7)15-12(16)10(4)18-13(14)17/h5-6,10H,1-4H3,(H2,14,17)(H,15,16). The third-order valence-electron chi connectivity index (χ3n) is 2.59. The van der Waals surface area contributed by atoms with Gasteiger partial charge in [-0.15, -0.1) is 0 Å². The van der Waals surface area contributed by atoms with Gasteiger partial charge in [-0.3, -0.25) is 9.59 Å². The zero-order valence-electron chi connectivity index (χ0n) is 11.0. The molecule has 1 rings (SSSR count). The van der Waals surface area contributed by atoms with Gasteiger partial charge in [-0.05, 0) is 38.8 Å². The fourth-order valence-electron chi connectivity index (χ4n) is 1.83. The van der Waals surface area contributed by atoms with Crippen LogP contribution in [0.4, 0.5) is 10.5 Å². The van der Waals surface area contributed by atoms with Gasteiger partial charge < -0.3 is 11.1 Å². The Morgan fingerprint density at radius 1 is 1.22 bits per heavy atom. The molecule has 4 nitrogen and oxygen atoms in total. The van der Waals surface area contributed by atoms with Crippen LogP contribution in [0.2, 0.25) is 0 Å². The van der Waals surface area contributed by atoms with E-state index in [0.29, 0.717) is 0 Å². The summed E-state index contributed by atoms with van der Waals surface area (Å²) in [7, 11) is 0. The molecule has 1 atom stereocenters. The van der Waals surface area contributed by atoms with Gasteiger partial charge in [0, 0.05) is 5.69 Å². The van der Waals surface area contributed by atoms with Crippen molar-refractivity contribution in [1.29, 1.82) is 0 Å². The van der Waals surface area contributed by atoms with Gasteiger partial charge in [0.2, 0.25) is 5.91 Å². The van der Waals surface area contributed by atoms with Crippen molar-refractivity contribution in [3.8, 4) is 0 Å². The first-order valence-corrected chi connectivity index (χ1v) is 6.54. The molecule has 0 spiro atoms. The van der Waals surface area contributed by atoms with E-state index in [1.54, 1.807) is 6.92 Å². The fourth-order valence-corrected chi connectivity index (χ4v) is 2.34. The van der Waals surface area contributed by atoms with E-state index in [4.69, 9.17) is 5.73 Å². The fraction of sp³-hybridized carbons (Fsp3) is 0.385. The third kappa shape index (κ3) is 3.77. The minimum Gasteiger partial charge on any atom is -0.360 e. The van der Waals surface area contributed by atoms with E-state index in [0.717, 1.165) is 34.1 Å². The second-order valence-corrected chi connectivity index (χ2v) is 5.69. The lowest BCUT2D eigenvalue weighted by Crippen LogP contribution is -2.25. The maximum Gasteiger partial charge on any atom is 0.277 e. The summed E-state index contributed by atoms with van der Waals surface area (Å²) in [6.45, 7) is 7.56. The van der Waals surface area contributed by atoms with E-state index in [9.17, 15) is 9.59 Å². The lowest BCUT2D eigenvalue weighted by Gasteiger charge is -2.15. The van der Waals surface area contributed by atoms with Crippen LogP contribution in [0.15, 0.2) is 12.1 Å². The monoisotopic (exact) mass is 266 g/mol. The van der Waals surface area contributed by atoms with Crippen molar-refractivity contribution in [2.75, 3.05) is 5.32 Å². The van der Waals surface area contributed by atoms with Crippen molar-refractivity contribution in [1.82, 2.24) is 0 Å². The number of hydrogen-bond acceptors (Lipinski definition) is 3. The van der Waals surface area contributed by atoms with Gasteiger partial charge in [-0.1, -0.05) is 29.5 Å². The van der Waals surface area contributed by atoms with Gasteiger partial charge >= 0.3 is 0 Å². The smallest absolute Gasteiger partial charge is 0.277 e. The topological polar surface area (TPSA) is 72.2 Å². The number of rotatable bonds is 3. The number of carbonyl (C=O) groups excluding carboxylic acids is 2. The summed E-state index contributed by atoms with van der Waals surface area (Å²) in [4.78, 5) is 22.6. The van der Waals surface area contributed by atoms with Crippen molar-refractivity contribution in [3.63, 3.8) is 0 Å². The predicted octanol–water partition coefficient (Wildman–Crippen LogP) is 2.75. The molecule has 3 N–H and O–H groups in total. The molecule has 0 aromatic heterocycles. The molecular weight excluding hydrogens is 248 g/mol. The summed E-state index contributed by atoms with van der Waals surface area (Å²) in [5.41, 5.74) is 9.03. The number of primary amides is 1. The number of hydrogen-bond donors (Lipinski definition) is 2. The van der Waals surface area contributed by atoms with Crippen molar-refractivity contribution >= 4 is 28.6 Å². The van der Waals surface area contributed by atoms with Crippen molar-refractivity contribution in [3.05, 3.63) is 28.8 Å². The Hall–Kier alpha value is -1.49. The van der Waals surface area contributed by atoms with E-state index in [2.05, 4.69) is 5.32 Å². The number of amides is 2. The molecule has 98 valence electrons. The minimum absolute atomic E-state index is 0.214. The maximum absolute atomic E-state index is 11.9. The molecular formula is C13H18N2O2S. The normalized spacial score (nSPS) is 12.0. The highest BCUT2D eigenvalue weighted by Crippen LogP contribution is 2.23. The van der Waals surface area contributed by atoms with Gasteiger partial charge in [-0.2, -0.15) is 0 Å². The second kappa shape index (κ2) is 5.91. The van der Waals surface area contributed by atoms with Gasteiger partial charge in [-0.25, -0.2) is 0 Å². The Morgan fingerprint density at radius 3 is 2.17 bits per heavy atom. The van der Waals surface area contributed by atoms with Crippen LogP contribution >= 0.6 is 11.8 Å². The highest BCUT2D eigenvalue weighted by Gasteiger charge is 2.17. The molecule has 0 saturated carbocycles. The van der Waals surface area contributed by atoms with E-state index in [-0.39, 0.29) is 5.91 Å². The van der Waals surface area contributed by atoms with E-state index < -0.39 is 10.5 Å². The third-order valence-corrected chi connectivity index (χ3v) is 3.39. The zero-order valence-corrected chi connectivity index (χ0v) is 11.9. The molecule has 0 aliphatic heterocycles. The highest BCUT2D eigenvalue weighted by atomic mass is 32.2. The number of thioether (sulfide) groups is 1. The number of nitrogens with two attached hydrogens (primary N) is 1. The molecule has 1 aromatic carbocycles. The summed E-state index contributed by atoms with van der Waals surface area (Å²) in [5.74, 6) is -0.214. The van der Waals surface area contributed by atoms with Crippen molar-refractivity contribution < 1.29 is 9.59 Å². The largest absolute Gasteiger partial charge is 0.360 e. The molecule has 0 radical (unpaired) electrons. The van der Waals surface area contributed by atoms with Crippen LogP contribution in [0, 0.1) is 20.8 Å². The van der Waals surface area contributed by atoms with Crippen LogP contribution in [0.25, 0.3) is 0 Å². The molecule has 0 fully saturated rings. The molecule has 1 unspecified atom stereocenters. The molecule has 18 heavy (non-hydrogen) atoms. The Bertz CT molecular complexity index is 463. The van der Waals surface area contributed by atoms with Gasteiger partial charge in [0.1, 0.15) is 0 Å². The Kier molecular flexibility index (Phi) is 4.78. The van der Waals surface area contributed by atoms with Crippen LogP contribution in [0.3, 0.4) is 0 Å². The number of benzene rings is 1. The molecule has 5 heteroatoms. The predicted molar refractivity (Wildman–Crippen MR) is 75.9 cm³/mol. The summed E-state index contributed by atoms with van der Waals surface area (Å²) < 4.78 is 0. The summed E-state index contributed by atoms with van der Waals surface area (Å²) >= 11 is 0.823. The minimum atomic E-state index is -0.546. The van der Waals surface area contributed by atoms with Crippen molar-refractivity contribution in [2.24, 2.45) is 5.73 Å². The van der Waals surface area contributed by atoms with Crippen molar-refractivity contribution in [2.45, 2.75) is 32.9 Å². The average Bonchev–Trinajstić information content (AvgIpc) is 2.21. The Labute approximate surface area is 111 Å². The molecule has 0 aliphatic rings. The summed E-state index contributed by atoms with van der Waals surface area (Å²) in [5, 5.41) is 1.80. The number of anilines is 1. The van der Waals surface area contributed by atoms with Gasteiger partial charge in [0.05, 0.1) is 5.25 Å². The first-order valence-electron chi connectivity index (χ1n) is 5.66. The molecule has 2 amide bonds. The van der Waals surface area contributed by atoms with E-state index in [1.807, 2.05) is 32.9 Å². The molecule has 0 heterocycles. The summed E-state index contributed by atoms with van der Waals surface area (Å²) in [6.07, 6.45) is 0. The number of carbonyl (C=O) groups is 2. The first kappa shape index (κ1) is 14.6. The Balaban J connectivity index is 2.85.